The van der Waals surface area contributed by atoms with Crippen LogP contribution >= 0.6 is 0 Å². The normalized spacial score (nSPS) is 28.3. The van der Waals surface area contributed by atoms with E-state index < -0.39 is 0 Å². The van der Waals surface area contributed by atoms with Crippen molar-refractivity contribution in [3.8, 4) is 0 Å². The van der Waals surface area contributed by atoms with Crippen LogP contribution < -0.4 is 11.1 Å². The Balaban J connectivity index is 2.04. The van der Waals surface area contributed by atoms with Gasteiger partial charge in [0, 0.05) is 12.1 Å². The second kappa shape index (κ2) is 6.38. The first-order valence-corrected chi connectivity index (χ1v) is 5.84. The highest BCUT2D eigenvalue weighted by molar-refractivity contribution is 4.83. The van der Waals surface area contributed by atoms with Crippen LogP contribution in [0.25, 0.3) is 0 Å². The zero-order valence-corrected chi connectivity index (χ0v) is 9.63. The number of rotatable bonds is 5. The molecule has 0 unspecified atom stereocenters. The summed E-state index contributed by atoms with van der Waals surface area (Å²) in [6.45, 7) is 2.27. The lowest BCUT2D eigenvalue weighted by Gasteiger charge is -2.29. The molecule has 1 saturated carbocycles. The molecular formula is C11H25N3. The summed E-state index contributed by atoms with van der Waals surface area (Å²) in [6, 6.07) is 0.967. The number of hydrogen-bond donors (Lipinski definition) is 2. The van der Waals surface area contributed by atoms with Gasteiger partial charge >= 0.3 is 0 Å². The Bertz CT molecular complexity index is 147. The van der Waals surface area contributed by atoms with Gasteiger partial charge in [-0.3, -0.25) is 0 Å². The lowest BCUT2D eigenvalue weighted by Crippen LogP contribution is -2.47. The maximum Gasteiger partial charge on any atom is 0.0219 e. The maximum atomic E-state index is 6.05. The molecule has 0 bridgehead atoms. The monoisotopic (exact) mass is 199 g/mol. The average molecular weight is 199 g/mol. The van der Waals surface area contributed by atoms with E-state index in [1.807, 2.05) is 0 Å². The fourth-order valence-electron chi connectivity index (χ4n) is 2.10. The molecule has 0 saturated heterocycles. The van der Waals surface area contributed by atoms with Crippen molar-refractivity contribution in [1.29, 1.82) is 0 Å². The number of nitrogens with zero attached hydrogens (tertiary/aromatic N) is 1. The molecule has 2 atom stereocenters. The first kappa shape index (κ1) is 12.0. The highest BCUT2D eigenvalue weighted by Gasteiger charge is 2.20. The Morgan fingerprint density at radius 3 is 2.64 bits per heavy atom. The van der Waals surface area contributed by atoms with Crippen molar-refractivity contribution in [3.63, 3.8) is 0 Å². The van der Waals surface area contributed by atoms with Crippen LogP contribution in [0.1, 0.15) is 32.1 Å². The quantitative estimate of drug-likeness (QED) is 0.644. The summed E-state index contributed by atoms with van der Waals surface area (Å²) < 4.78 is 0. The van der Waals surface area contributed by atoms with E-state index in [1.165, 1.54) is 32.1 Å². The molecule has 3 heteroatoms. The summed E-state index contributed by atoms with van der Waals surface area (Å²) >= 11 is 0. The van der Waals surface area contributed by atoms with Gasteiger partial charge in [0.2, 0.25) is 0 Å². The van der Waals surface area contributed by atoms with Crippen LogP contribution in [0.2, 0.25) is 0 Å². The van der Waals surface area contributed by atoms with Gasteiger partial charge in [-0.25, -0.2) is 0 Å². The fourth-order valence-corrected chi connectivity index (χ4v) is 2.10. The topological polar surface area (TPSA) is 41.3 Å². The Kier molecular flexibility index (Phi) is 5.45. The van der Waals surface area contributed by atoms with Crippen LogP contribution in [0, 0.1) is 0 Å². The number of nitrogens with one attached hydrogen (secondary N) is 1. The SMILES string of the molecule is CN(C)CCCN[C@H]1CCCC[C@@H]1N. The van der Waals surface area contributed by atoms with Gasteiger partial charge in [-0.2, -0.15) is 0 Å². The Labute approximate surface area is 88.0 Å². The van der Waals surface area contributed by atoms with Gasteiger partial charge in [-0.05, 0) is 46.4 Å². The van der Waals surface area contributed by atoms with E-state index in [-0.39, 0.29) is 0 Å². The van der Waals surface area contributed by atoms with E-state index >= 15 is 0 Å². The third kappa shape index (κ3) is 4.40. The summed E-state index contributed by atoms with van der Waals surface area (Å²) in [5.41, 5.74) is 6.05. The van der Waals surface area contributed by atoms with Gasteiger partial charge in [0.1, 0.15) is 0 Å². The van der Waals surface area contributed by atoms with Crippen molar-refractivity contribution in [2.75, 3.05) is 27.2 Å². The van der Waals surface area contributed by atoms with Gasteiger partial charge in [0.15, 0.2) is 0 Å². The first-order valence-electron chi connectivity index (χ1n) is 5.84. The van der Waals surface area contributed by atoms with Gasteiger partial charge in [-0.15, -0.1) is 0 Å². The molecule has 1 aliphatic carbocycles. The summed E-state index contributed by atoms with van der Waals surface area (Å²) in [5, 5.41) is 3.58. The molecule has 3 N–H and O–H groups in total. The van der Waals surface area contributed by atoms with E-state index in [0.717, 1.165) is 13.1 Å². The summed E-state index contributed by atoms with van der Waals surface area (Å²) in [7, 11) is 4.23. The molecule has 0 aromatic heterocycles. The second-order valence-electron chi connectivity index (χ2n) is 4.67. The van der Waals surface area contributed by atoms with Crippen molar-refractivity contribution in [2.45, 2.75) is 44.2 Å². The molecule has 1 rings (SSSR count). The Morgan fingerprint density at radius 2 is 2.00 bits per heavy atom. The Hall–Kier alpha value is -0.120. The van der Waals surface area contributed by atoms with Crippen LogP contribution in [0.4, 0.5) is 0 Å². The zero-order valence-electron chi connectivity index (χ0n) is 9.63. The fraction of sp³-hybridized carbons (Fsp3) is 1.00. The zero-order chi connectivity index (χ0) is 10.4. The average Bonchev–Trinajstić information content (AvgIpc) is 2.15. The van der Waals surface area contributed by atoms with Gasteiger partial charge in [0.25, 0.3) is 0 Å². The molecule has 0 radical (unpaired) electrons. The van der Waals surface area contributed by atoms with Crippen LogP contribution in [0.5, 0.6) is 0 Å². The molecule has 1 aliphatic rings. The predicted octanol–water partition coefficient (Wildman–Crippen LogP) is 0.798. The van der Waals surface area contributed by atoms with Crippen LogP contribution in [0.15, 0.2) is 0 Å². The predicted molar refractivity (Wildman–Crippen MR) is 61.4 cm³/mol. The largest absolute Gasteiger partial charge is 0.326 e. The summed E-state index contributed by atoms with van der Waals surface area (Å²) in [6.07, 6.45) is 6.35. The maximum absolute atomic E-state index is 6.05. The van der Waals surface area contributed by atoms with Crippen molar-refractivity contribution in [3.05, 3.63) is 0 Å². The van der Waals surface area contributed by atoms with Crippen molar-refractivity contribution in [2.24, 2.45) is 5.73 Å². The van der Waals surface area contributed by atoms with Gasteiger partial charge < -0.3 is 16.0 Å². The molecule has 0 spiro atoms. The number of nitrogens with two attached hydrogens (primary N) is 1. The Morgan fingerprint density at radius 1 is 1.29 bits per heavy atom. The lowest BCUT2D eigenvalue weighted by molar-refractivity contribution is 0.317. The molecule has 0 aliphatic heterocycles. The van der Waals surface area contributed by atoms with E-state index in [2.05, 4.69) is 24.3 Å². The molecular weight excluding hydrogens is 174 g/mol. The van der Waals surface area contributed by atoms with Gasteiger partial charge in [-0.1, -0.05) is 12.8 Å². The molecule has 0 aromatic carbocycles. The van der Waals surface area contributed by atoms with E-state index in [0.29, 0.717) is 12.1 Å². The minimum absolute atomic E-state index is 0.392. The molecule has 0 heterocycles. The second-order valence-corrected chi connectivity index (χ2v) is 4.67. The molecule has 3 nitrogen and oxygen atoms in total. The van der Waals surface area contributed by atoms with Crippen LogP contribution in [-0.4, -0.2) is 44.2 Å². The minimum Gasteiger partial charge on any atom is -0.326 e. The van der Waals surface area contributed by atoms with Crippen molar-refractivity contribution >= 4 is 0 Å². The minimum atomic E-state index is 0.392. The smallest absolute Gasteiger partial charge is 0.0219 e. The van der Waals surface area contributed by atoms with E-state index in [9.17, 15) is 0 Å². The lowest BCUT2D eigenvalue weighted by atomic mass is 9.91. The highest BCUT2D eigenvalue weighted by Crippen LogP contribution is 2.16. The standard InChI is InChI=1S/C11H25N3/c1-14(2)9-5-8-13-11-7-4-3-6-10(11)12/h10-11,13H,3-9,12H2,1-2H3/t10-,11-/m0/s1. The van der Waals surface area contributed by atoms with Crippen molar-refractivity contribution in [1.82, 2.24) is 10.2 Å². The number of hydrogen-bond acceptors (Lipinski definition) is 3. The van der Waals surface area contributed by atoms with Crippen LogP contribution in [0.3, 0.4) is 0 Å². The molecule has 14 heavy (non-hydrogen) atoms. The first-order chi connectivity index (χ1) is 6.70. The van der Waals surface area contributed by atoms with Gasteiger partial charge in [0.05, 0.1) is 0 Å². The van der Waals surface area contributed by atoms with Crippen molar-refractivity contribution < 1.29 is 0 Å². The summed E-state index contributed by atoms with van der Waals surface area (Å²) in [5.74, 6) is 0. The van der Waals surface area contributed by atoms with E-state index in [4.69, 9.17) is 5.73 Å². The van der Waals surface area contributed by atoms with Crippen LogP contribution in [-0.2, 0) is 0 Å². The molecule has 1 fully saturated rings. The summed E-state index contributed by atoms with van der Waals surface area (Å²) in [4.78, 5) is 2.22. The highest BCUT2D eigenvalue weighted by atomic mass is 15.1. The van der Waals surface area contributed by atoms with E-state index in [1.54, 1.807) is 0 Å². The molecule has 84 valence electrons. The third-order valence-electron chi connectivity index (χ3n) is 3.01. The molecule has 0 amide bonds. The molecule has 0 aromatic rings. The third-order valence-corrected chi connectivity index (χ3v) is 3.01.